The molecule has 0 aromatic rings. The number of carbonyl (C=O) groups excluding carboxylic acids is 1. The Balaban J connectivity index is 0.000000112. The quantitative estimate of drug-likeness (QED) is 0.461. The molecule has 1 N–H and O–H groups in total. The van der Waals surface area contributed by atoms with Crippen molar-refractivity contribution in [3.05, 3.63) is 0 Å². The first-order valence-electron chi connectivity index (χ1n) is 2.88. The predicted octanol–water partition coefficient (Wildman–Crippen LogP) is -0.257. The molecule has 2 aliphatic rings. The van der Waals surface area contributed by atoms with Gasteiger partial charge in [-0.25, -0.2) is 4.79 Å². The number of ether oxygens (including phenoxy) is 2. The summed E-state index contributed by atoms with van der Waals surface area (Å²) in [6.45, 7) is 3.19. The molecule has 0 saturated carbocycles. The number of nitrogens with one attached hydrogen (secondary N) is 1. The van der Waals surface area contributed by atoms with Crippen LogP contribution in [-0.2, 0) is 9.47 Å². The van der Waals surface area contributed by atoms with Crippen molar-refractivity contribution in [2.45, 2.75) is 0 Å². The highest BCUT2D eigenvalue weighted by atomic mass is 16.6. The van der Waals surface area contributed by atoms with Crippen LogP contribution in [0.25, 0.3) is 0 Å². The summed E-state index contributed by atoms with van der Waals surface area (Å²) >= 11 is 0. The van der Waals surface area contributed by atoms with Gasteiger partial charge >= 0.3 is 6.09 Å². The molecule has 0 unspecified atom stereocenters. The molecule has 0 radical (unpaired) electrons. The van der Waals surface area contributed by atoms with E-state index in [4.69, 9.17) is 0 Å². The Hall–Kier alpha value is -0.770. The van der Waals surface area contributed by atoms with E-state index in [2.05, 4.69) is 14.8 Å². The zero-order chi connectivity index (χ0) is 6.53. The van der Waals surface area contributed by atoms with Gasteiger partial charge in [-0.05, 0) is 0 Å². The second kappa shape index (κ2) is 3.29. The fraction of sp³-hybridized carbons (Fsp3) is 0.800. The molecule has 0 atom stereocenters. The fourth-order valence-electron chi connectivity index (χ4n) is 0.348. The number of epoxide rings is 1. The summed E-state index contributed by atoms with van der Waals surface area (Å²) < 4.78 is 8.90. The number of alkyl carbamates (subject to hydrolysis) is 1. The highest BCUT2D eigenvalue weighted by molar-refractivity contribution is 5.68. The smallest absolute Gasteiger partial charge is 0.407 e. The summed E-state index contributed by atoms with van der Waals surface area (Å²) in [5.41, 5.74) is 0. The van der Waals surface area contributed by atoms with E-state index in [1.54, 1.807) is 0 Å². The molecule has 4 nitrogen and oxygen atoms in total. The first-order chi connectivity index (χ1) is 4.39. The largest absolute Gasteiger partial charge is 0.448 e. The van der Waals surface area contributed by atoms with Crippen LogP contribution in [0.15, 0.2) is 0 Å². The third-order valence-electron chi connectivity index (χ3n) is 0.809. The lowest BCUT2D eigenvalue weighted by Gasteiger charge is -1.80. The van der Waals surface area contributed by atoms with Crippen molar-refractivity contribution in [3.8, 4) is 0 Å². The van der Waals surface area contributed by atoms with E-state index in [0.717, 1.165) is 13.2 Å². The van der Waals surface area contributed by atoms with Crippen molar-refractivity contribution in [2.75, 3.05) is 26.4 Å². The maximum Gasteiger partial charge on any atom is 0.407 e. The molecule has 2 aliphatic heterocycles. The van der Waals surface area contributed by atoms with E-state index >= 15 is 0 Å². The SMILES string of the molecule is C1CO1.O=C1NCCO1. The number of hydrogen-bond acceptors (Lipinski definition) is 3. The second-order valence-corrected chi connectivity index (χ2v) is 1.68. The Morgan fingerprint density at radius 2 is 2.00 bits per heavy atom. The van der Waals surface area contributed by atoms with Gasteiger partial charge in [0.05, 0.1) is 19.8 Å². The van der Waals surface area contributed by atoms with Crippen LogP contribution in [0.1, 0.15) is 0 Å². The molecule has 2 fully saturated rings. The molecule has 2 heterocycles. The number of cyclic esters (lactones) is 1. The van der Waals surface area contributed by atoms with E-state index in [1.807, 2.05) is 0 Å². The van der Waals surface area contributed by atoms with Gasteiger partial charge in [-0.3, -0.25) is 0 Å². The van der Waals surface area contributed by atoms with Gasteiger partial charge < -0.3 is 14.8 Å². The van der Waals surface area contributed by atoms with Gasteiger partial charge in [0.1, 0.15) is 6.61 Å². The third kappa shape index (κ3) is 3.78. The average Bonchev–Trinajstić information content (AvgIpc) is 2.64. The Morgan fingerprint density at radius 3 is 2.11 bits per heavy atom. The van der Waals surface area contributed by atoms with Crippen molar-refractivity contribution in [3.63, 3.8) is 0 Å². The van der Waals surface area contributed by atoms with Crippen molar-refractivity contribution in [2.24, 2.45) is 0 Å². The lowest BCUT2D eigenvalue weighted by atomic mass is 10.7. The van der Waals surface area contributed by atoms with Crippen LogP contribution in [0.5, 0.6) is 0 Å². The van der Waals surface area contributed by atoms with Crippen LogP contribution in [0.4, 0.5) is 4.79 Å². The molecule has 2 rings (SSSR count). The molecule has 0 bridgehead atoms. The Labute approximate surface area is 53.1 Å². The maximum atomic E-state index is 9.91. The Kier molecular flexibility index (Phi) is 2.32. The molecule has 52 valence electrons. The Bertz CT molecular complexity index is 91.6. The minimum absolute atomic E-state index is 0.296. The topological polar surface area (TPSA) is 50.9 Å². The first kappa shape index (κ1) is 6.35. The number of carbonyl (C=O) groups is 1. The van der Waals surface area contributed by atoms with Gasteiger partial charge in [-0.1, -0.05) is 0 Å². The molecule has 0 aromatic heterocycles. The normalized spacial score (nSPS) is 21.1. The molecule has 1 amide bonds. The summed E-state index contributed by atoms with van der Waals surface area (Å²) in [5.74, 6) is 0. The lowest BCUT2D eigenvalue weighted by Crippen LogP contribution is -2.11. The van der Waals surface area contributed by atoms with Crippen molar-refractivity contribution < 1.29 is 14.3 Å². The maximum absolute atomic E-state index is 9.91. The molecular weight excluding hydrogens is 122 g/mol. The van der Waals surface area contributed by atoms with Crippen LogP contribution in [0.3, 0.4) is 0 Å². The summed E-state index contributed by atoms with van der Waals surface area (Å²) in [5, 5.41) is 2.46. The Morgan fingerprint density at radius 1 is 1.33 bits per heavy atom. The molecule has 0 aliphatic carbocycles. The van der Waals surface area contributed by atoms with Crippen LogP contribution < -0.4 is 5.32 Å². The third-order valence-corrected chi connectivity index (χ3v) is 0.809. The summed E-state index contributed by atoms with van der Waals surface area (Å²) in [6.07, 6.45) is -0.296. The minimum Gasteiger partial charge on any atom is -0.448 e. The van der Waals surface area contributed by atoms with Crippen LogP contribution in [0.2, 0.25) is 0 Å². The van der Waals surface area contributed by atoms with Crippen molar-refractivity contribution >= 4 is 6.09 Å². The highest BCUT2D eigenvalue weighted by Gasteiger charge is 2.06. The zero-order valence-corrected chi connectivity index (χ0v) is 5.05. The van der Waals surface area contributed by atoms with Gasteiger partial charge in [0.2, 0.25) is 0 Å². The summed E-state index contributed by atoms with van der Waals surface area (Å²) in [6, 6.07) is 0. The standard InChI is InChI=1S/C3H5NO2.C2H4O/c5-3-4-1-2-6-3;1-2-3-1/h1-2H2,(H,4,5);1-2H2. The van der Waals surface area contributed by atoms with E-state index < -0.39 is 0 Å². The van der Waals surface area contributed by atoms with Crippen LogP contribution in [-0.4, -0.2) is 32.5 Å². The molecule has 2 saturated heterocycles. The number of amides is 1. The first-order valence-corrected chi connectivity index (χ1v) is 2.88. The molecule has 0 spiro atoms. The van der Waals surface area contributed by atoms with Crippen molar-refractivity contribution in [1.29, 1.82) is 0 Å². The van der Waals surface area contributed by atoms with E-state index in [-0.39, 0.29) is 6.09 Å². The van der Waals surface area contributed by atoms with E-state index in [9.17, 15) is 4.79 Å². The van der Waals surface area contributed by atoms with Gasteiger partial charge in [-0.15, -0.1) is 0 Å². The van der Waals surface area contributed by atoms with Gasteiger partial charge in [-0.2, -0.15) is 0 Å². The van der Waals surface area contributed by atoms with Crippen molar-refractivity contribution in [1.82, 2.24) is 5.32 Å². The highest BCUT2D eigenvalue weighted by Crippen LogP contribution is 1.84. The summed E-state index contributed by atoms with van der Waals surface area (Å²) in [4.78, 5) is 9.91. The molecular formula is C5H9NO3. The van der Waals surface area contributed by atoms with Gasteiger partial charge in [0.15, 0.2) is 0 Å². The molecule has 4 heteroatoms. The van der Waals surface area contributed by atoms with E-state index in [1.165, 1.54) is 0 Å². The zero-order valence-electron chi connectivity index (χ0n) is 5.05. The van der Waals surface area contributed by atoms with Crippen LogP contribution >= 0.6 is 0 Å². The number of hydrogen-bond donors (Lipinski definition) is 1. The van der Waals surface area contributed by atoms with E-state index in [0.29, 0.717) is 13.2 Å². The predicted molar refractivity (Wildman–Crippen MR) is 30.2 cm³/mol. The molecule has 9 heavy (non-hydrogen) atoms. The minimum atomic E-state index is -0.296. The fourth-order valence-corrected chi connectivity index (χ4v) is 0.348. The van der Waals surface area contributed by atoms with Gasteiger partial charge in [0.25, 0.3) is 0 Å². The second-order valence-electron chi connectivity index (χ2n) is 1.68. The number of rotatable bonds is 0. The summed E-state index contributed by atoms with van der Waals surface area (Å²) in [7, 11) is 0. The monoisotopic (exact) mass is 131 g/mol. The van der Waals surface area contributed by atoms with Gasteiger partial charge in [0, 0.05) is 0 Å². The molecule has 0 aromatic carbocycles. The lowest BCUT2D eigenvalue weighted by molar-refractivity contribution is 0.178. The average molecular weight is 131 g/mol. The van der Waals surface area contributed by atoms with Crippen LogP contribution in [0, 0.1) is 0 Å².